The number of rotatable bonds is 7. The lowest BCUT2D eigenvalue weighted by Gasteiger charge is -2.42. The second kappa shape index (κ2) is 7.19. The molecular formula is C18H26O3. The van der Waals surface area contributed by atoms with Gasteiger partial charge in [-0.15, -0.1) is 0 Å². The van der Waals surface area contributed by atoms with E-state index in [9.17, 15) is 4.79 Å². The summed E-state index contributed by atoms with van der Waals surface area (Å²) < 4.78 is 11.0. The van der Waals surface area contributed by atoms with Gasteiger partial charge in [-0.2, -0.15) is 0 Å². The minimum atomic E-state index is -0.480. The average Bonchev–Trinajstić information content (AvgIpc) is 2.57. The van der Waals surface area contributed by atoms with E-state index in [-0.39, 0.29) is 5.41 Å². The van der Waals surface area contributed by atoms with Crippen molar-refractivity contribution in [2.45, 2.75) is 50.7 Å². The molecule has 0 heterocycles. The zero-order chi connectivity index (χ0) is 15.2. The van der Waals surface area contributed by atoms with Gasteiger partial charge >= 0.3 is 0 Å². The average molecular weight is 290 g/mol. The molecule has 3 nitrogen and oxygen atoms in total. The Kier molecular flexibility index (Phi) is 5.54. The Morgan fingerprint density at radius 2 is 1.67 bits per heavy atom. The van der Waals surface area contributed by atoms with E-state index in [1.807, 2.05) is 6.07 Å². The largest absolute Gasteiger partial charge is 0.353 e. The number of hydrogen-bond acceptors (Lipinski definition) is 3. The molecule has 0 unspecified atom stereocenters. The number of methoxy groups -OCH3 is 2. The van der Waals surface area contributed by atoms with Gasteiger partial charge in [0.25, 0.3) is 0 Å². The van der Waals surface area contributed by atoms with Crippen LogP contribution in [0, 0.1) is 5.41 Å². The molecule has 21 heavy (non-hydrogen) atoms. The van der Waals surface area contributed by atoms with Gasteiger partial charge in [0.2, 0.25) is 0 Å². The van der Waals surface area contributed by atoms with Crippen LogP contribution in [0.5, 0.6) is 0 Å². The smallest absolute Gasteiger partial charge is 0.167 e. The van der Waals surface area contributed by atoms with Crippen LogP contribution in [0.25, 0.3) is 0 Å². The summed E-state index contributed by atoms with van der Waals surface area (Å²) >= 11 is 0. The van der Waals surface area contributed by atoms with E-state index in [4.69, 9.17) is 9.47 Å². The second-order valence-corrected chi connectivity index (χ2v) is 6.14. The minimum Gasteiger partial charge on any atom is -0.353 e. The number of aldehydes is 1. The second-order valence-electron chi connectivity index (χ2n) is 6.14. The highest BCUT2D eigenvalue weighted by Crippen LogP contribution is 2.44. The van der Waals surface area contributed by atoms with Gasteiger partial charge in [0.15, 0.2) is 5.79 Å². The van der Waals surface area contributed by atoms with Crippen molar-refractivity contribution >= 4 is 6.29 Å². The van der Waals surface area contributed by atoms with E-state index < -0.39 is 5.79 Å². The number of aryl methyl sites for hydroxylation is 1. The summed E-state index contributed by atoms with van der Waals surface area (Å²) in [5.41, 5.74) is 1.16. The number of carbonyl (C=O) groups excluding carboxylic acids is 1. The molecule has 0 atom stereocenters. The molecule has 2 rings (SSSR count). The first-order chi connectivity index (χ1) is 10.2. The third-order valence-electron chi connectivity index (χ3n) is 4.98. The summed E-state index contributed by atoms with van der Waals surface area (Å²) in [5, 5.41) is 0. The lowest BCUT2D eigenvalue weighted by molar-refractivity contribution is -0.232. The summed E-state index contributed by atoms with van der Waals surface area (Å²) in [5.74, 6) is -0.480. The van der Waals surface area contributed by atoms with Crippen LogP contribution < -0.4 is 0 Å². The predicted molar refractivity (Wildman–Crippen MR) is 83.1 cm³/mol. The van der Waals surface area contributed by atoms with Crippen molar-refractivity contribution in [2.75, 3.05) is 14.2 Å². The van der Waals surface area contributed by atoms with Gasteiger partial charge in [-0.25, -0.2) is 0 Å². The van der Waals surface area contributed by atoms with Crippen molar-refractivity contribution in [3.63, 3.8) is 0 Å². The monoisotopic (exact) mass is 290 g/mol. The molecular weight excluding hydrogens is 264 g/mol. The van der Waals surface area contributed by atoms with Crippen molar-refractivity contribution in [3.05, 3.63) is 35.9 Å². The molecule has 0 radical (unpaired) electrons. The fourth-order valence-electron chi connectivity index (χ4n) is 3.34. The molecule has 0 saturated heterocycles. The van der Waals surface area contributed by atoms with Crippen LogP contribution in [0.4, 0.5) is 0 Å². The Hall–Kier alpha value is -1.19. The molecule has 3 heteroatoms. The third-order valence-corrected chi connectivity index (χ3v) is 4.98. The predicted octanol–water partition coefficient (Wildman–Crippen LogP) is 3.76. The molecule has 1 aliphatic rings. The quantitative estimate of drug-likeness (QED) is 0.566. The van der Waals surface area contributed by atoms with Crippen molar-refractivity contribution in [1.29, 1.82) is 0 Å². The maximum absolute atomic E-state index is 11.6. The number of benzene rings is 1. The van der Waals surface area contributed by atoms with Crippen LogP contribution in [0.2, 0.25) is 0 Å². The Balaban J connectivity index is 1.87. The Bertz CT molecular complexity index is 427. The van der Waals surface area contributed by atoms with Gasteiger partial charge in [0.05, 0.1) is 0 Å². The molecule has 0 aliphatic heterocycles. The Labute approximate surface area is 127 Å². The molecule has 1 aromatic rings. The van der Waals surface area contributed by atoms with Crippen molar-refractivity contribution < 1.29 is 14.3 Å². The van der Waals surface area contributed by atoms with Crippen LogP contribution in [0.3, 0.4) is 0 Å². The van der Waals surface area contributed by atoms with Gasteiger partial charge < -0.3 is 14.3 Å². The first kappa shape index (κ1) is 16.2. The van der Waals surface area contributed by atoms with Gasteiger partial charge in [0.1, 0.15) is 6.29 Å². The topological polar surface area (TPSA) is 35.5 Å². The first-order valence-electron chi connectivity index (χ1n) is 7.78. The van der Waals surface area contributed by atoms with Gasteiger partial charge in [-0.3, -0.25) is 0 Å². The molecule has 0 bridgehead atoms. The normalized spacial score (nSPS) is 20.1. The molecule has 1 aromatic carbocycles. The zero-order valence-electron chi connectivity index (χ0n) is 13.1. The van der Waals surface area contributed by atoms with Gasteiger partial charge in [-0.05, 0) is 37.7 Å². The van der Waals surface area contributed by atoms with E-state index >= 15 is 0 Å². The van der Waals surface area contributed by atoms with E-state index in [1.54, 1.807) is 14.2 Å². The fourth-order valence-corrected chi connectivity index (χ4v) is 3.34. The van der Waals surface area contributed by atoms with Crippen molar-refractivity contribution in [3.8, 4) is 0 Å². The molecule has 0 N–H and O–H groups in total. The summed E-state index contributed by atoms with van der Waals surface area (Å²) in [6.07, 6.45) is 7.52. The van der Waals surface area contributed by atoms with Gasteiger partial charge in [0, 0.05) is 32.5 Å². The van der Waals surface area contributed by atoms with Crippen LogP contribution in [-0.2, 0) is 20.7 Å². The third kappa shape index (κ3) is 3.92. The van der Waals surface area contributed by atoms with Gasteiger partial charge in [-0.1, -0.05) is 30.3 Å². The lowest BCUT2D eigenvalue weighted by atomic mass is 9.70. The highest BCUT2D eigenvalue weighted by atomic mass is 16.7. The standard InChI is InChI=1S/C18H26O3/c1-20-18(21-2)13-11-17(15-19,12-14-18)10-6-9-16-7-4-3-5-8-16/h3-5,7-8,15H,6,9-14H2,1-2H3. The summed E-state index contributed by atoms with van der Waals surface area (Å²) in [6, 6.07) is 10.5. The van der Waals surface area contributed by atoms with E-state index in [2.05, 4.69) is 24.3 Å². The SMILES string of the molecule is COC1(OC)CCC(C=O)(CCCc2ccccc2)CC1. The van der Waals surface area contributed by atoms with Crippen LogP contribution >= 0.6 is 0 Å². The van der Waals surface area contributed by atoms with Crippen LogP contribution in [0.1, 0.15) is 44.1 Å². The van der Waals surface area contributed by atoms with E-state index in [1.165, 1.54) is 11.8 Å². The molecule has 1 aliphatic carbocycles. The molecule has 0 aromatic heterocycles. The van der Waals surface area contributed by atoms with Crippen molar-refractivity contribution in [2.24, 2.45) is 5.41 Å². The summed E-state index contributed by atoms with van der Waals surface area (Å²) in [6.45, 7) is 0. The molecule has 0 spiro atoms. The Morgan fingerprint density at radius 1 is 1.05 bits per heavy atom. The molecule has 116 valence electrons. The number of carbonyl (C=O) groups is 1. The zero-order valence-corrected chi connectivity index (χ0v) is 13.1. The molecule has 0 amide bonds. The maximum Gasteiger partial charge on any atom is 0.167 e. The molecule has 1 saturated carbocycles. The van der Waals surface area contributed by atoms with E-state index in [0.29, 0.717) is 0 Å². The molecule has 1 fully saturated rings. The summed E-state index contributed by atoms with van der Waals surface area (Å²) in [7, 11) is 3.37. The highest BCUT2D eigenvalue weighted by Gasteiger charge is 2.42. The van der Waals surface area contributed by atoms with Crippen molar-refractivity contribution in [1.82, 2.24) is 0 Å². The lowest BCUT2D eigenvalue weighted by Crippen LogP contribution is -2.42. The minimum absolute atomic E-state index is 0.185. The Morgan fingerprint density at radius 3 is 2.19 bits per heavy atom. The van der Waals surface area contributed by atoms with Crippen LogP contribution in [-0.4, -0.2) is 26.3 Å². The van der Waals surface area contributed by atoms with Crippen LogP contribution in [0.15, 0.2) is 30.3 Å². The first-order valence-corrected chi connectivity index (χ1v) is 7.78. The highest BCUT2D eigenvalue weighted by molar-refractivity contribution is 5.59. The number of ether oxygens (including phenoxy) is 2. The fraction of sp³-hybridized carbons (Fsp3) is 0.611. The van der Waals surface area contributed by atoms with E-state index in [0.717, 1.165) is 44.9 Å². The number of hydrogen-bond donors (Lipinski definition) is 0. The summed E-state index contributed by atoms with van der Waals surface area (Å²) in [4.78, 5) is 11.6. The maximum atomic E-state index is 11.6.